The molecule has 15 heavy (non-hydrogen) atoms. The average Bonchev–Trinajstić information content (AvgIpc) is 2.17. The largest absolute Gasteiger partial charge is 0.377 e. The summed E-state index contributed by atoms with van der Waals surface area (Å²) in [7, 11) is 1.85. The lowest BCUT2D eigenvalue weighted by Gasteiger charge is -2.22. The van der Waals surface area contributed by atoms with Crippen molar-refractivity contribution < 1.29 is 13.5 Å². The van der Waals surface area contributed by atoms with Crippen LogP contribution in [0, 0.1) is 0 Å². The molecular weight excluding hydrogens is 200 g/mol. The van der Waals surface area contributed by atoms with Crippen LogP contribution in [0.4, 0.5) is 8.78 Å². The van der Waals surface area contributed by atoms with Gasteiger partial charge >= 0.3 is 0 Å². The summed E-state index contributed by atoms with van der Waals surface area (Å²) in [5.41, 5.74) is 0. The first-order chi connectivity index (χ1) is 7.14. The van der Waals surface area contributed by atoms with Crippen LogP contribution >= 0.6 is 0 Å². The SMILES string of the molecule is CNCCOC1CC/C=C\C(F)(F)CC1. The van der Waals surface area contributed by atoms with E-state index in [4.69, 9.17) is 4.74 Å². The Hall–Kier alpha value is -0.480. The van der Waals surface area contributed by atoms with Crippen LogP contribution in [0.1, 0.15) is 25.7 Å². The van der Waals surface area contributed by atoms with Crippen LogP contribution in [0.3, 0.4) is 0 Å². The molecule has 0 radical (unpaired) electrons. The van der Waals surface area contributed by atoms with E-state index in [9.17, 15) is 8.78 Å². The van der Waals surface area contributed by atoms with Crippen LogP contribution in [0.15, 0.2) is 12.2 Å². The molecule has 0 amide bonds. The second-order valence-corrected chi connectivity index (χ2v) is 3.88. The lowest BCUT2D eigenvalue weighted by atomic mass is 10.0. The van der Waals surface area contributed by atoms with Crippen LogP contribution < -0.4 is 5.32 Å². The molecule has 1 N–H and O–H groups in total. The zero-order valence-corrected chi connectivity index (χ0v) is 9.14. The van der Waals surface area contributed by atoms with Crippen LogP contribution in [-0.2, 0) is 4.74 Å². The summed E-state index contributed by atoms with van der Waals surface area (Å²) < 4.78 is 31.6. The summed E-state index contributed by atoms with van der Waals surface area (Å²) in [4.78, 5) is 0. The Bertz CT molecular complexity index is 207. The predicted octanol–water partition coefficient (Wildman–Crippen LogP) is 2.36. The molecule has 0 saturated carbocycles. The molecule has 0 spiro atoms. The van der Waals surface area contributed by atoms with Gasteiger partial charge in [-0.2, -0.15) is 0 Å². The molecule has 0 heterocycles. The topological polar surface area (TPSA) is 21.3 Å². The maximum absolute atomic E-state index is 13.1. The molecular formula is C11H19F2NO. The van der Waals surface area contributed by atoms with Gasteiger partial charge in [0.1, 0.15) is 0 Å². The lowest BCUT2D eigenvalue weighted by molar-refractivity contribution is -0.00332. The Morgan fingerprint density at radius 1 is 1.47 bits per heavy atom. The fraction of sp³-hybridized carbons (Fsp3) is 0.818. The molecule has 0 aromatic heterocycles. The molecule has 1 aliphatic rings. The first-order valence-corrected chi connectivity index (χ1v) is 5.46. The van der Waals surface area contributed by atoms with Gasteiger partial charge in [-0.05, 0) is 32.4 Å². The molecule has 0 aromatic carbocycles. The number of allylic oxidation sites excluding steroid dienone is 2. The third-order valence-electron chi connectivity index (χ3n) is 2.52. The van der Waals surface area contributed by atoms with Gasteiger partial charge < -0.3 is 10.1 Å². The van der Waals surface area contributed by atoms with Gasteiger partial charge in [0.2, 0.25) is 0 Å². The molecule has 0 aromatic rings. The van der Waals surface area contributed by atoms with E-state index in [0.717, 1.165) is 19.0 Å². The monoisotopic (exact) mass is 219 g/mol. The molecule has 1 atom stereocenters. The Morgan fingerprint density at radius 2 is 2.27 bits per heavy atom. The fourth-order valence-electron chi connectivity index (χ4n) is 1.61. The molecule has 0 bridgehead atoms. The zero-order chi connectivity index (χ0) is 11.1. The number of ether oxygens (including phenoxy) is 1. The molecule has 88 valence electrons. The second-order valence-electron chi connectivity index (χ2n) is 3.88. The van der Waals surface area contributed by atoms with Crippen molar-refractivity contribution in [2.45, 2.75) is 37.7 Å². The quantitative estimate of drug-likeness (QED) is 0.579. The van der Waals surface area contributed by atoms with Crippen molar-refractivity contribution in [3.05, 3.63) is 12.2 Å². The van der Waals surface area contributed by atoms with Crippen molar-refractivity contribution in [1.82, 2.24) is 5.32 Å². The highest BCUT2D eigenvalue weighted by Crippen LogP contribution is 2.27. The van der Waals surface area contributed by atoms with E-state index >= 15 is 0 Å². The molecule has 2 nitrogen and oxygen atoms in total. The summed E-state index contributed by atoms with van der Waals surface area (Å²) in [6, 6.07) is 0. The number of alkyl halides is 2. The first-order valence-electron chi connectivity index (χ1n) is 5.46. The average molecular weight is 219 g/mol. The number of likely N-dealkylation sites (N-methyl/N-ethyl adjacent to an activating group) is 1. The van der Waals surface area contributed by atoms with Crippen molar-refractivity contribution in [3.8, 4) is 0 Å². The highest BCUT2D eigenvalue weighted by Gasteiger charge is 2.27. The van der Waals surface area contributed by atoms with E-state index in [0.29, 0.717) is 19.4 Å². The van der Waals surface area contributed by atoms with Gasteiger partial charge in [-0.15, -0.1) is 0 Å². The van der Waals surface area contributed by atoms with Crippen molar-refractivity contribution in [2.75, 3.05) is 20.2 Å². The fourth-order valence-corrected chi connectivity index (χ4v) is 1.61. The third-order valence-corrected chi connectivity index (χ3v) is 2.52. The summed E-state index contributed by atoms with van der Waals surface area (Å²) >= 11 is 0. The zero-order valence-electron chi connectivity index (χ0n) is 9.14. The van der Waals surface area contributed by atoms with Crippen molar-refractivity contribution in [1.29, 1.82) is 0 Å². The summed E-state index contributed by atoms with van der Waals surface area (Å²) in [5.74, 6) is -2.65. The Morgan fingerprint density at radius 3 is 3.00 bits per heavy atom. The maximum Gasteiger partial charge on any atom is 0.266 e. The van der Waals surface area contributed by atoms with Gasteiger partial charge in [0.05, 0.1) is 12.7 Å². The predicted molar refractivity (Wildman–Crippen MR) is 56.2 cm³/mol. The summed E-state index contributed by atoms with van der Waals surface area (Å²) in [5, 5.41) is 2.96. The molecule has 1 rings (SSSR count). The number of halogens is 2. The van der Waals surface area contributed by atoms with Crippen molar-refractivity contribution in [2.24, 2.45) is 0 Å². The third kappa shape index (κ3) is 5.23. The van der Waals surface area contributed by atoms with Crippen LogP contribution in [0.25, 0.3) is 0 Å². The Labute approximate surface area is 89.7 Å². The molecule has 0 saturated heterocycles. The lowest BCUT2D eigenvalue weighted by Crippen LogP contribution is -2.24. The molecule has 1 unspecified atom stereocenters. The van der Waals surface area contributed by atoms with Gasteiger partial charge in [0, 0.05) is 13.0 Å². The highest BCUT2D eigenvalue weighted by molar-refractivity contribution is 4.97. The second kappa shape index (κ2) is 6.18. The van der Waals surface area contributed by atoms with Gasteiger partial charge in [-0.1, -0.05) is 6.08 Å². The normalized spacial score (nSPS) is 28.1. The van der Waals surface area contributed by atoms with E-state index in [-0.39, 0.29) is 12.5 Å². The molecule has 4 heteroatoms. The molecule has 0 fully saturated rings. The van der Waals surface area contributed by atoms with Gasteiger partial charge in [0.15, 0.2) is 0 Å². The van der Waals surface area contributed by atoms with E-state index < -0.39 is 5.92 Å². The standard InChI is InChI=1S/C11H19F2NO/c1-14-8-9-15-10-4-2-3-6-11(12,13)7-5-10/h3,6,10,14H,2,4-5,7-9H2,1H3/b6-3-. The number of hydrogen-bond donors (Lipinski definition) is 1. The molecule has 0 aliphatic heterocycles. The number of hydrogen-bond acceptors (Lipinski definition) is 2. The van der Waals surface area contributed by atoms with Crippen molar-refractivity contribution >= 4 is 0 Å². The van der Waals surface area contributed by atoms with Crippen molar-refractivity contribution in [3.63, 3.8) is 0 Å². The minimum atomic E-state index is -2.65. The number of rotatable bonds is 4. The van der Waals surface area contributed by atoms with E-state index in [1.54, 1.807) is 6.08 Å². The Balaban J connectivity index is 2.32. The van der Waals surface area contributed by atoms with E-state index in [1.165, 1.54) is 0 Å². The number of nitrogens with one attached hydrogen (secondary N) is 1. The Kier molecular flexibility index (Phi) is 5.19. The van der Waals surface area contributed by atoms with Crippen LogP contribution in [0.5, 0.6) is 0 Å². The maximum atomic E-state index is 13.1. The first kappa shape index (κ1) is 12.6. The van der Waals surface area contributed by atoms with Crippen LogP contribution in [-0.4, -0.2) is 32.2 Å². The van der Waals surface area contributed by atoms with Gasteiger partial charge in [-0.3, -0.25) is 0 Å². The van der Waals surface area contributed by atoms with E-state index in [1.807, 2.05) is 7.05 Å². The summed E-state index contributed by atoms with van der Waals surface area (Å²) in [6.45, 7) is 1.36. The minimum absolute atomic E-state index is 0.0193. The smallest absolute Gasteiger partial charge is 0.266 e. The highest BCUT2D eigenvalue weighted by atomic mass is 19.3. The molecule has 1 aliphatic carbocycles. The van der Waals surface area contributed by atoms with Crippen LogP contribution in [0.2, 0.25) is 0 Å². The van der Waals surface area contributed by atoms with Gasteiger partial charge in [-0.25, -0.2) is 8.78 Å². The summed E-state index contributed by atoms with van der Waals surface area (Å²) in [6.07, 6.45) is 4.43. The minimum Gasteiger partial charge on any atom is -0.377 e. The van der Waals surface area contributed by atoms with Gasteiger partial charge in [0.25, 0.3) is 5.92 Å². The van der Waals surface area contributed by atoms with E-state index in [2.05, 4.69) is 5.32 Å².